The molecule has 0 aliphatic carbocycles. The lowest BCUT2D eigenvalue weighted by Crippen LogP contribution is -2.44. The fraction of sp³-hybridized carbons (Fsp3) is 0.571. The van der Waals surface area contributed by atoms with Gasteiger partial charge in [-0.15, -0.1) is 0 Å². The number of hydrogen-bond donors (Lipinski definition) is 1. The summed E-state index contributed by atoms with van der Waals surface area (Å²) in [6.45, 7) is 7.50. The molecule has 2 rings (SSSR count). The first-order valence-corrected chi connectivity index (χ1v) is 8.88. The van der Waals surface area contributed by atoms with Crippen LogP contribution < -0.4 is 5.32 Å². The van der Waals surface area contributed by atoms with Crippen molar-refractivity contribution in [1.29, 1.82) is 10.5 Å². The lowest BCUT2D eigenvalue weighted by molar-refractivity contribution is -0.139. The second-order valence-electron chi connectivity index (χ2n) is 7.18. The molecule has 0 aromatic heterocycles. The average Bonchev–Trinajstić information content (AvgIpc) is 2.99. The van der Waals surface area contributed by atoms with Crippen LogP contribution in [0.5, 0.6) is 0 Å². The average molecular weight is 351 g/mol. The van der Waals surface area contributed by atoms with Gasteiger partial charge in [0, 0.05) is 31.3 Å². The Bertz CT molecular complexity index is 765. The Labute approximate surface area is 155 Å². The van der Waals surface area contributed by atoms with Gasteiger partial charge >= 0.3 is 5.97 Å². The molecule has 0 saturated carbocycles. The summed E-state index contributed by atoms with van der Waals surface area (Å²) >= 11 is 0. The first-order valence-electron chi connectivity index (χ1n) is 8.88. The van der Waals surface area contributed by atoms with E-state index in [4.69, 9.17) is 4.74 Å². The summed E-state index contributed by atoms with van der Waals surface area (Å²) in [6.07, 6.45) is 4.23. The molecule has 0 unspecified atom stereocenters. The number of hydrogen-bond acceptors (Lipinski definition) is 5. The van der Waals surface area contributed by atoms with Crippen LogP contribution in [-0.2, 0) is 9.53 Å². The molecule has 0 aromatic carbocycles. The van der Waals surface area contributed by atoms with Crippen LogP contribution in [0.15, 0.2) is 22.8 Å². The predicted molar refractivity (Wildman–Crippen MR) is 98.3 cm³/mol. The van der Waals surface area contributed by atoms with E-state index >= 15 is 0 Å². The molecule has 5 nitrogen and oxygen atoms in total. The maximum absolute atomic E-state index is 10.8. The van der Waals surface area contributed by atoms with E-state index in [2.05, 4.69) is 56.1 Å². The number of allylic oxidation sites excluding steroid dienone is 1. The number of esters is 1. The molecule has 2 heterocycles. The van der Waals surface area contributed by atoms with Gasteiger partial charge < -0.3 is 10.1 Å². The largest absolute Gasteiger partial charge is 0.453 e. The van der Waals surface area contributed by atoms with Gasteiger partial charge in [-0.25, -0.2) is 0 Å². The van der Waals surface area contributed by atoms with Gasteiger partial charge in [-0.3, -0.25) is 4.79 Å². The summed E-state index contributed by atoms with van der Waals surface area (Å²) in [5.74, 6) is 5.24. The summed E-state index contributed by atoms with van der Waals surface area (Å²) in [5.41, 5.74) is 2.00. The van der Waals surface area contributed by atoms with Gasteiger partial charge in [0.2, 0.25) is 0 Å². The number of rotatable bonds is 4. The van der Waals surface area contributed by atoms with Crippen molar-refractivity contribution in [2.45, 2.75) is 59.0 Å². The first-order chi connectivity index (χ1) is 12.3. The Hall–Kier alpha value is -2.55. The molecule has 26 heavy (non-hydrogen) atoms. The van der Waals surface area contributed by atoms with Crippen molar-refractivity contribution in [3.63, 3.8) is 0 Å². The van der Waals surface area contributed by atoms with Crippen molar-refractivity contribution in [3.05, 3.63) is 22.8 Å². The highest BCUT2D eigenvalue weighted by Crippen LogP contribution is 2.45. The third-order valence-electron chi connectivity index (χ3n) is 5.29. The Morgan fingerprint density at radius 3 is 2.50 bits per heavy atom. The van der Waals surface area contributed by atoms with E-state index in [0.717, 1.165) is 18.4 Å². The lowest BCUT2D eigenvalue weighted by Gasteiger charge is -2.37. The van der Waals surface area contributed by atoms with Crippen LogP contribution in [0, 0.1) is 45.8 Å². The monoisotopic (exact) mass is 351 g/mol. The van der Waals surface area contributed by atoms with E-state index in [1.165, 1.54) is 18.1 Å². The zero-order chi connectivity index (χ0) is 19.3. The topological polar surface area (TPSA) is 85.9 Å². The Morgan fingerprint density at radius 2 is 1.92 bits per heavy atom. The van der Waals surface area contributed by atoms with Crippen molar-refractivity contribution in [3.8, 4) is 24.0 Å². The molecule has 1 saturated heterocycles. The summed E-state index contributed by atoms with van der Waals surface area (Å²) in [6, 6.07) is 4.94. The summed E-state index contributed by atoms with van der Waals surface area (Å²) < 4.78 is 4.79. The first kappa shape index (κ1) is 19.8. The van der Waals surface area contributed by atoms with Crippen molar-refractivity contribution >= 4 is 5.97 Å². The normalized spacial score (nSPS) is 23.6. The van der Waals surface area contributed by atoms with E-state index in [-0.39, 0.29) is 31.0 Å². The van der Waals surface area contributed by atoms with Crippen molar-refractivity contribution in [2.75, 3.05) is 6.61 Å². The van der Waals surface area contributed by atoms with Crippen LogP contribution in [0.25, 0.3) is 0 Å². The molecule has 2 aliphatic heterocycles. The minimum Gasteiger partial charge on any atom is -0.453 e. The second-order valence-corrected chi connectivity index (χ2v) is 7.18. The van der Waals surface area contributed by atoms with Crippen LogP contribution in [0.3, 0.4) is 0 Å². The number of nitrogens with one attached hydrogen (secondary N) is 1. The molecular formula is C21H25N3O2. The molecule has 1 N–H and O–H groups in total. The number of nitriles is 2. The molecule has 0 radical (unpaired) electrons. The second kappa shape index (κ2) is 8.22. The molecular weight excluding hydrogens is 326 g/mol. The Balaban J connectivity index is 2.37. The molecule has 0 amide bonds. The van der Waals surface area contributed by atoms with E-state index in [9.17, 15) is 15.3 Å². The zero-order valence-electron chi connectivity index (χ0n) is 15.8. The maximum atomic E-state index is 10.8. The van der Waals surface area contributed by atoms with Crippen molar-refractivity contribution in [2.24, 2.45) is 11.3 Å². The number of fused-ring (bicyclic) bond motifs is 2. The fourth-order valence-corrected chi connectivity index (χ4v) is 3.71. The summed E-state index contributed by atoms with van der Waals surface area (Å²) in [5, 5.41) is 23.4. The standard InChI is InChI=1S/C21H25N3O2/c1-14(2)15(3)20-18(11-17-7-8-19(20)24-17)21(12-22,13-23)9-5-6-10-26-16(4)25/h11,17,19-20,24H,7-10H2,1-4H3/t17-,19+,20-/m1/s1. The summed E-state index contributed by atoms with van der Waals surface area (Å²) in [7, 11) is 0. The van der Waals surface area contributed by atoms with Gasteiger partial charge in [-0.05, 0) is 39.2 Å². The third-order valence-corrected chi connectivity index (χ3v) is 5.29. The number of nitrogens with zero attached hydrogens (tertiary/aromatic N) is 2. The van der Waals surface area contributed by atoms with Crippen molar-refractivity contribution < 1.29 is 9.53 Å². The summed E-state index contributed by atoms with van der Waals surface area (Å²) in [4.78, 5) is 10.8. The maximum Gasteiger partial charge on any atom is 0.303 e. The van der Waals surface area contributed by atoms with E-state index in [0.29, 0.717) is 0 Å². The van der Waals surface area contributed by atoms with Crippen molar-refractivity contribution in [1.82, 2.24) is 5.32 Å². The van der Waals surface area contributed by atoms with E-state index in [1.807, 2.05) is 0 Å². The van der Waals surface area contributed by atoms with Crippen LogP contribution >= 0.6 is 0 Å². The van der Waals surface area contributed by atoms with Gasteiger partial charge in [-0.1, -0.05) is 29.1 Å². The smallest absolute Gasteiger partial charge is 0.303 e. The fourth-order valence-electron chi connectivity index (χ4n) is 3.71. The molecule has 1 fully saturated rings. The number of ether oxygens (including phenoxy) is 1. The molecule has 0 spiro atoms. The van der Waals surface area contributed by atoms with Gasteiger partial charge in [0.25, 0.3) is 0 Å². The SMILES string of the molecule is CC(=O)OCC#CCC(C#N)(C#N)C1=C[C@H]2CC[C@H](N2)[C@@H]1C(C)=C(C)C. The quantitative estimate of drug-likeness (QED) is 0.478. The minimum atomic E-state index is -1.28. The Morgan fingerprint density at radius 1 is 1.23 bits per heavy atom. The molecule has 0 aromatic rings. The van der Waals surface area contributed by atoms with Crippen LogP contribution in [0.1, 0.15) is 47.0 Å². The molecule has 2 aliphatic rings. The van der Waals surface area contributed by atoms with Crippen LogP contribution in [0.4, 0.5) is 0 Å². The lowest BCUT2D eigenvalue weighted by atomic mass is 9.68. The van der Waals surface area contributed by atoms with Crippen LogP contribution in [0.2, 0.25) is 0 Å². The van der Waals surface area contributed by atoms with E-state index < -0.39 is 11.4 Å². The highest BCUT2D eigenvalue weighted by atomic mass is 16.5. The van der Waals surface area contributed by atoms with Gasteiger partial charge in [-0.2, -0.15) is 10.5 Å². The van der Waals surface area contributed by atoms with E-state index in [1.54, 1.807) is 0 Å². The predicted octanol–water partition coefficient (Wildman–Crippen LogP) is 3.01. The van der Waals surface area contributed by atoms with Crippen LogP contribution in [-0.4, -0.2) is 24.7 Å². The zero-order valence-corrected chi connectivity index (χ0v) is 15.8. The molecule has 5 heteroatoms. The molecule has 2 bridgehead atoms. The Kier molecular flexibility index (Phi) is 6.25. The third kappa shape index (κ3) is 3.98. The minimum absolute atomic E-state index is 0.0233. The van der Waals surface area contributed by atoms with Gasteiger partial charge in [0.05, 0.1) is 12.1 Å². The number of carbonyl (C=O) groups is 1. The number of carbonyl (C=O) groups excluding carboxylic acids is 1. The van der Waals surface area contributed by atoms with Gasteiger partial charge in [0.1, 0.15) is 0 Å². The van der Waals surface area contributed by atoms with Gasteiger partial charge in [0.15, 0.2) is 12.0 Å². The molecule has 136 valence electrons. The molecule has 3 atom stereocenters. The highest BCUT2D eigenvalue weighted by molar-refractivity contribution is 5.66. The highest BCUT2D eigenvalue weighted by Gasteiger charge is 2.46.